The summed E-state index contributed by atoms with van der Waals surface area (Å²) in [6.07, 6.45) is 1.87. The van der Waals surface area contributed by atoms with Gasteiger partial charge in [0.1, 0.15) is 23.8 Å². The zero-order valence-corrected chi connectivity index (χ0v) is 16.8. The second kappa shape index (κ2) is 6.32. The number of ether oxygens (including phenoxy) is 1. The van der Waals surface area contributed by atoms with Gasteiger partial charge < -0.3 is 14.7 Å². The number of aromatic nitrogens is 4. The SMILES string of the molecule is Cc1ncc(-c2ccc(-c3ccc4c(c3)COc3c-4ccc4[nH]c(C)nc34)cc2)[nH]1. The van der Waals surface area contributed by atoms with Crippen molar-refractivity contribution in [2.75, 3.05) is 0 Å². The van der Waals surface area contributed by atoms with E-state index in [1.54, 1.807) is 0 Å². The number of rotatable bonds is 2. The lowest BCUT2D eigenvalue weighted by Crippen LogP contribution is -2.06. The van der Waals surface area contributed by atoms with Crippen LogP contribution in [0.2, 0.25) is 0 Å². The van der Waals surface area contributed by atoms with Crippen LogP contribution < -0.4 is 4.74 Å². The topological polar surface area (TPSA) is 66.6 Å². The normalized spacial score (nSPS) is 12.5. The first-order chi connectivity index (χ1) is 14.7. The smallest absolute Gasteiger partial charge is 0.155 e. The molecule has 0 atom stereocenters. The van der Waals surface area contributed by atoms with Crippen molar-refractivity contribution in [2.45, 2.75) is 20.5 Å². The van der Waals surface area contributed by atoms with Crippen molar-refractivity contribution in [1.82, 2.24) is 19.9 Å². The van der Waals surface area contributed by atoms with E-state index in [9.17, 15) is 0 Å². The minimum Gasteiger partial charge on any atom is -0.486 e. The molecular formula is C25H20N4O. The van der Waals surface area contributed by atoms with Crippen LogP contribution in [-0.2, 0) is 6.61 Å². The first-order valence-electron chi connectivity index (χ1n) is 10.0. The lowest BCUT2D eigenvalue weighted by molar-refractivity contribution is 0.305. The molecule has 6 rings (SSSR count). The van der Waals surface area contributed by atoms with Crippen LogP contribution in [0.25, 0.3) is 44.5 Å². The molecule has 0 amide bonds. The number of H-pyrrole nitrogens is 2. The Morgan fingerprint density at radius 2 is 1.57 bits per heavy atom. The molecule has 1 aliphatic heterocycles. The monoisotopic (exact) mass is 392 g/mol. The zero-order chi connectivity index (χ0) is 20.2. The van der Waals surface area contributed by atoms with Crippen molar-refractivity contribution in [3.63, 3.8) is 0 Å². The highest BCUT2D eigenvalue weighted by Gasteiger charge is 2.21. The summed E-state index contributed by atoms with van der Waals surface area (Å²) in [7, 11) is 0. The van der Waals surface area contributed by atoms with Gasteiger partial charge in [-0.05, 0) is 59.9 Å². The summed E-state index contributed by atoms with van der Waals surface area (Å²) >= 11 is 0. The number of nitrogens with zero attached hydrogens (tertiary/aromatic N) is 2. The zero-order valence-electron chi connectivity index (χ0n) is 16.8. The minimum absolute atomic E-state index is 0.548. The van der Waals surface area contributed by atoms with Gasteiger partial charge in [-0.25, -0.2) is 9.97 Å². The fourth-order valence-corrected chi connectivity index (χ4v) is 4.25. The van der Waals surface area contributed by atoms with Gasteiger partial charge in [0.2, 0.25) is 0 Å². The standard InChI is InChI=1S/C25H20N4O/c1-14-26-12-23(27-14)17-5-3-16(4-6-17)18-7-8-20-19(11-18)13-30-25-21(20)9-10-22-24(25)29-15(2)28-22/h3-12H,13H2,1-2H3,(H,26,27)(H,28,29). The number of imidazole rings is 2. The van der Waals surface area contributed by atoms with E-state index in [0.29, 0.717) is 6.61 Å². The number of nitrogens with one attached hydrogen (secondary N) is 2. The third-order valence-corrected chi connectivity index (χ3v) is 5.73. The molecule has 3 heterocycles. The Morgan fingerprint density at radius 1 is 0.800 bits per heavy atom. The lowest BCUT2D eigenvalue weighted by Gasteiger charge is -2.22. The van der Waals surface area contributed by atoms with Crippen LogP contribution in [0.5, 0.6) is 5.75 Å². The van der Waals surface area contributed by atoms with Gasteiger partial charge in [-0.1, -0.05) is 36.4 Å². The molecule has 30 heavy (non-hydrogen) atoms. The average molecular weight is 392 g/mol. The highest BCUT2D eigenvalue weighted by molar-refractivity contribution is 5.92. The van der Waals surface area contributed by atoms with Gasteiger partial charge in [-0.15, -0.1) is 0 Å². The molecule has 0 unspecified atom stereocenters. The molecule has 0 radical (unpaired) electrons. The van der Waals surface area contributed by atoms with Crippen LogP contribution >= 0.6 is 0 Å². The molecular weight excluding hydrogens is 372 g/mol. The first-order valence-corrected chi connectivity index (χ1v) is 10.0. The second-order valence-corrected chi connectivity index (χ2v) is 7.78. The molecule has 0 saturated heterocycles. The summed E-state index contributed by atoms with van der Waals surface area (Å²) in [6, 6.07) is 19.4. The quantitative estimate of drug-likeness (QED) is 0.399. The Morgan fingerprint density at radius 3 is 2.37 bits per heavy atom. The van der Waals surface area contributed by atoms with E-state index in [1.165, 1.54) is 22.3 Å². The van der Waals surface area contributed by atoms with Gasteiger partial charge >= 0.3 is 0 Å². The molecule has 5 heteroatoms. The molecule has 146 valence electrons. The number of fused-ring (bicyclic) bond motifs is 5. The predicted molar refractivity (Wildman–Crippen MR) is 118 cm³/mol. The van der Waals surface area contributed by atoms with E-state index in [-0.39, 0.29) is 0 Å². The molecule has 0 spiro atoms. The van der Waals surface area contributed by atoms with Crippen LogP contribution in [0.15, 0.2) is 60.8 Å². The van der Waals surface area contributed by atoms with E-state index in [2.05, 4.69) is 74.5 Å². The highest BCUT2D eigenvalue weighted by atomic mass is 16.5. The van der Waals surface area contributed by atoms with Crippen LogP contribution in [0.4, 0.5) is 0 Å². The van der Waals surface area contributed by atoms with Crippen molar-refractivity contribution in [2.24, 2.45) is 0 Å². The predicted octanol–water partition coefficient (Wildman–Crippen LogP) is 5.80. The maximum absolute atomic E-state index is 6.15. The Balaban J connectivity index is 1.38. The van der Waals surface area contributed by atoms with E-state index < -0.39 is 0 Å². The van der Waals surface area contributed by atoms with Gasteiger partial charge in [0.15, 0.2) is 5.75 Å². The van der Waals surface area contributed by atoms with Crippen LogP contribution in [0.3, 0.4) is 0 Å². The number of hydrogen-bond acceptors (Lipinski definition) is 3. The molecule has 0 fully saturated rings. The lowest BCUT2D eigenvalue weighted by atomic mass is 9.92. The molecule has 5 aromatic rings. The molecule has 0 saturated carbocycles. The average Bonchev–Trinajstić information content (AvgIpc) is 3.38. The Kier molecular flexibility index (Phi) is 3.59. The van der Waals surface area contributed by atoms with Gasteiger partial charge in [-0.2, -0.15) is 0 Å². The maximum Gasteiger partial charge on any atom is 0.155 e. The Hall–Kier alpha value is -3.86. The van der Waals surface area contributed by atoms with Crippen LogP contribution in [0, 0.1) is 13.8 Å². The number of aromatic amines is 2. The van der Waals surface area contributed by atoms with Crippen molar-refractivity contribution < 1.29 is 4.74 Å². The second-order valence-electron chi connectivity index (χ2n) is 7.78. The van der Waals surface area contributed by atoms with Gasteiger partial charge in [0.25, 0.3) is 0 Å². The summed E-state index contributed by atoms with van der Waals surface area (Å²) in [5.41, 5.74) is 9.97. The third-order valence-electron chi connectivity index (χ3n) is 5.73. The van der Waals surface area contributed by atoms with Crippen molar-refractivity contribution in [3.8, 4) is 39.3 Å². The van der Waals surface area contributed by atoms with E-state index in [1.807, 2.05) is 20.0 Å². The Bertz CT molecular complexity index is 1410. The number of aryl methyl sites for hydroxylation is 2. The molecule has 3 aromatic carbocycles. The maximum atomic E-state index is 6.15. The Labute approximate surface area is 173 Å². The summed E-state index contributed by atoms with van der Waals surface area (Å²) in [5, 5.41) is 0. The van der Waals surface area contributed by atoms with Crippen molar-refractivity contribution in [3.05, 3.63) is 78.0 Å². The minimum atomic E-state index is 0.548. The summed E-state index contributed by atoms with van der Waals surface area (Å²) < 4.78 is 6.15. The number of benzene rings is 3. The van der Waals surface area contributed by atoms with E-state index in [4.69, 9.17) is 4.74 Å². The molecule has 2 aromatic heterocycles. The fraction of sp³-hybridized carbons (Fsp3) is 0.120. The summed E-state index contributed by atoms with van der Waals surface area (Å²) in [4.78, 5) is 15.5. The van der Waals surface area contributed by atoms with Gasteiger partial charge in [-0.3, -0.25) is 0 Å². The fourth-order valence-electron chi connectivity index (χ4n) is 4.25. The molecule has 0 aliphatic carbocycles. The summed E-state index contributed by atoms with van der Waals surface area (Å²) in [6.45, 7) is 4.48. The number of hydrogen-bond donors (Lipinski definition) is 2. The molecule has 0 bridgehead atoms. The van der Waals surface area contributed by atoms with Crippen LogP contribution in [0.1, 0.15) is 17.2 Å². The van der Waals surface area contributed by atoms with Crippen molar-refractivity contribution >= 4 is 11.0 Å². The van der Waals surface area contributed by atoms with Gasteiger partial charge in [0.05, 0.1) is 17.4 Å². The third kappa shape index (κ3) is 2.63. The molecule has 1 aliphatic rings. The molecule has 2 N–H and O–H groups in total. The van der Waals surface area contributed by atoms with Crippen molar-refractivity contribution in [1.29, 1.82) is 0 Å². The first kappa shape index (κ1) is 17.0. The van der Waals surface area contributed by atoms with Crippen LogP contribution in [-0.4, -0.2) is 19.9 Å². The summed E-state index contributed by atoms with van der Waals surface area (Å²) in [5.74, 6) is 2.69. The largest absolute Gasteiger partial charge is 0.486 e. The van der Waals surface area contributed by atoms with E-state index in [0.717, 1.165) is 45.3 Å². The van der Waals surface area contributed by atoms with Gasteiger partial charge in [0, 0.05) is 5.56 Å². The highest BCUT2D eigenvalue weighted by Crippen LogP contribution is 2.42. The van der Waals surface area contributed by atoms with E-state index >= 15 is 0 Å². The molecule has 5 nitrogen and oxygen atoms in total.